The van der Waals surface area contributed by atoms with Crippen molar-refractivity contribution in [1.29, 1.82) is 5.26 Å². The van der Waals surface area contributed by atoms with E-state index in [1.165, 1.54) is 4.90 Å². The highest BCUT2D eigenvalue weighted by Gasteiger charge is 2.40. The largest absolute Gasteiger partial charge is 0.490 e. The monoisotopic (exact) mass is 490 g/mol. The average molecular weight is 491 g/mol. The van der Waals surface area contributed by atoms with Crippen molar-refractivity contribution in [3.63, 3.8) is 0 Å². The molecule has 2 aliphatic rings. The van der Waals surface area contributed by atoms with Crippen LogP contribution in [0.3, 0.4) is 0 Å². The minimum Gasteiger partial charge on any atom is -0.490 e. The molecule has 35 heavy (non-hydrogen) atoms. The van der Waals surface area contributed by atoms with Crippen LogP contribution in [0.15, 0.2) is 59.2 Å². The Hall–Kier alpha value is -3.56. The van der Waals surface area contributed by atoms with Crippen LogP contribution in [0.2, 0.25) is 5.02 Å². The van der Waals surface area contributed by atoms with Crippen LogP contribution < -0.4 is 9.47 Å². The summed E-state index contributed by atoms with van der Waals surface area (Å²) in [5.41, 5.74) is 2.46. The Balaban J connectivity index is 1.65. The molecular weight excluding hydrogens is 464 g/mol. The highest BCUT2D eigenvalue weighted by Crippen LogP contribution is 2.35. The van der Waals surface area contributed by atoms with Gasteiger partial charge in [-0.1, -0.05) is 42.6 Å². The number of ether oxygens (including phenoxy) is 2. The molecule has 6 nitrogen and oxygen atoms in total. The third-order valence-corrected chi connectivity index (χ3v) is 6.60. The predicted molar refractivity (Wildman–Crippen MR) is 134 cm³/mol. The molecule has 1 saturated carbocycles. The van der Waals surface area contributed by atoms with Gasteiger partial charge >= 0.3 is 0 Å². The third kappa shape index (κ3) is 5.26. The van der Waals surface area contributed by atoms with Crippen molar-refractivity contribution in [3.8, 4) is 17.6 Å². The van der Waals surface area contributed by atoms with E-state index in [1.807, 2.05) is 43.3 Å². The van der Waals surface area contributed by atoms with E-state index < -0.39 is 5.91 Å². The normalized spacial score (nSPS) is 17.8. The van der Waals surface area contributed by atoms with E-state index in [9.17, 15) is 14.9 Å². The maximum atomic E-state index is 13.4. The first-order valence-electron chi connectivity index (χ1n) is 11.8. The summed E-state index contributed by atoms with van der Waals surface area (Å²) in [6.45, 7) is 4.33. The fraction of sp³-hybridized carbons (Fsp3) is 0.321. The second-order valence-electron chi connectivity index (χ2n) is 8.64. The van der Waals surface area contributed by atoms with Crippen LogP contribution in [0.4, 0.5) is 0 Å². The molecule has 1 heterocycles. The van der Waals surface area contributed by atoms with Crippen LogP contribution in [0.25, 0.3) is 6.08 Å². The lowest BCUT2D eigenvalue weighted by atomic mass is 9.92. The first kappa shape index (κ1) is 24.6. The van der Waals surface area contributed by atoms with Crippen molar-refractivity contribution in [2.45, 2.75) is 52.2 Å². The van der Waals surface area contributed by atoms with E-state index >= 15 is 0 Å². The summed E-state index contributed by atoms with van der Waals surface area (Å²) in [5.74, 6) is 0.288. The standard InChI is InChI=1S/C28H27ClN2O4/c1-3-34-26-15-20(10-13-25(26)35-17-19-8-11-21(29)12-9-19)14-23-18(2)24(16-30)28(33)31(27(23)32)22-6-4-5-7-22/h8-15,22H,3-7,17H2,1-2H3/b23-14+. The molecule has 0 spiro atoms. The molecular formula is C28H27ClN2O4. The molecule has 4 rings (SSSR count). The minimum absolute atomic E-state index is 0.0238. The molecule has 1 fully saturated rings. The molecule has 0 unspecified atom stereocenters. The summed E-state index contributed by atoms with van der Waals surface area (Å²) in [6, 6.07) is 14.7. The smallest absolute Gasteiger partial charge is 0.271 e. The van der Waals surface area contributed by atoms with Gasteiger partial charge in [-0.2, -0.15) is 5.26 Å². The van der Waals surface area contributed by atoms with Crippen molar-refractivity contribution >= 4 is 29.5 Å². The molecule has 0 atom stereocenters. The molecule has 0 bridgehead atoms. The van der Waals surface area contributed by atoms with Gasteiger partial charge in [-0.05, 0) is 73.7 Å². The van der Waals surface area contributed by atoms with Crippen LogP contribution in [0.1, 0.15) is 50.7 Å². The fourth-order valence-electron chi connectivity index (χ4n) is 4.50. The van der Waals surface area contributed by atoms with Crippen molar-refractivity contribution in [2.75, 3.05) is 6.61 Å². The summed E-state index contributed by atoms with van der Waals surface area (Å²) >= 11 is 5.95. The molecule has 1 aliphatic heterocycles. The number of nitrogens with zero attached hydrogens (tertiary/aromatic N) is 2. The van der Waals surface area contributed by atoms with E-state index in [0.29, 0.717) is 46.4 Å². The number of rotatable bonds is 7. The lowest BCUT2D eigenvalue weighted by Crippen LogP contribution is -2.47. The number of carbonyl (C=O) groups is 2. The second-order valence-corrected chi connectivity index (χ2v) is 9.08. The molecule has 2 amide bonds. The summed E-state index contributed by atoms with van der Waals surface area (Å²) in [6.07, 6.45) is 5.21. The summed E-state index contributed by atoms with van der Waals surface area (Å²) in [5, 5.41) is 10.3. The Kier molecular flexibility index (Phi) is 7.57. The molecule has 2 aromatic rings. The number of nitriles is 1. The first-order chi connectivity index (χ1) is 16.9. The Labute approximate surface area is 210 Å². The summed E-state index contributed by atoms with van der Waals surface area (Å²) in [4.78, 5) is 27.6. The van der Waals surface area contributed by atoms with Gasteiger partial charge in [-0.15, -0.1) is 0 Å². The van der Waals surface area contributed by atoms with Crippen molar-refractivity contribution < 1.29 is 19.1 Å². The number of hydrogen-bond acceptors (Lipinski definition) is 5. The number of halogens is 1. The number of carbonyl (C=O) groups excluding carboxylic acids is 2. The lowest BCUT2D eigenvalue weighted by Gasteiger charge is -2.32. The van der Waals surface area contributed by atoms with Crippen LogP contribution in [0.5, 0.6) is 11.5 Å². The minimum atomic E-state index is -0.486. The van der Waals surface area contributed by atoms with Crippen molar-refractivity contribution in [3.05, 3.63) is 75.3 Å². The zero-order chi connectivity index (χ0) is 24.9. The van der Waals surface area contributed by atoms with Gasteiger partial charge in [0.15, 0.2) is 11.5 Å². The Morgan fingerprint density at radius 3 is 2.43 bits per heavy atom. The van der Waals surface area contributed by atoms with Crippen molar-refractivity contribution in [2.24, 2.45) is 0 Å². The molecule has 0 radical (unpaired) electrons. The highest BCUT2D eigenvalue weighted by molar-refractivity contribution is 6.30. The number of imide groups is 1. The van der Waals surface area contributed by atoms with Gasteiger partial charge in [0.2, 0.25) is 0 Å². The van der Waals surface area contributed by atoms with Gasteiger partial charge in [0, 0.05) is 16.6 Å². The fourth-order valence-corrected chi connectivity index (χ4v) is 4.63. The molecule has 7 heteroatoms. The maximum absolute atomic E-state index is 13.4. The first-order valence-corrected chi connectivity index (χ1v) is 12.2. The van der Waals surface area contributed by atoms with Gasteiger partial charge in [-0.3, -0.25) is 14.5 Å². The third-order valence-electron chi connectivity index (χ3n) is 6.35. The van der Waals surface area contributed by atoms with Crippen LogP contribution in [-0.2, 0) is 16.2 Å². The topological polar surface area (TPSA) is 79.6 Å². The second kappa shape index (κ2) is 10.8. The Morgan fingerprint density at radius 1 is 1.06 bits per heavy atom. The van der Waals surface area contributed by atoms with Gasteiger partial charge in [0.25, 0.3) is 11.8 Å². The number of amides is 2. The van der Waals surface area contributed by atoms with Crippen LogP contribution in [-0.4, -0.2) is 29.4 Å². The molecule has 0 aromatic heterocycles. The SMILES string of the molecule is CCOc1cc(/C=C2/C(=O)N(C3CCCC3)C(=O)C(C#N)=C2C)ccc1OCc1ccc(Cl)cc1. The van der Waals surface area contributed by atoms with Gasteiger partial charge in [-0.25, -0.2) is 0 Å². The summed E-state index contributed by atoms with van der Waals surface area (Å²) in [7, 11) is 0. The van der Waals surface area contributed by atoms with E-state index in [-0.39, 0.29) is 17.5 Å². The average Bonchev–Trinajstić information content (AvgIpc) is 3.37. The molecule has 180 valence electrons. The van der Waals surface area contributed by atoms with Crippen LogP contribution in [0, 0.1) is 11.3 Å². The van der Waals surface area contributed by atoms with E-state index in [0.717, 1.165) is 31.2 Å². The quantitative estimate of drug-likeness (QED) is 0.359. The lowest BCUT2D eigenvalue weighted by molar-refractivity contribution is -0.143. The van der Waals surface area contributed by atoms with Crippen molar-refractivity contribution in [1.82, 2.24) is 4.90 Å². The van der Waals surface area contributed by atoms with E-state index in [1.54, 1.807) is 25.1 Å². The zero-order valence-electron chi connectivity index (χ0n) is 19.8. The van der Waals surface area contributed by atoms with Gasteiger partial charge < -0.3 is 9.47 Å². The van der Waals surface area contributed by atoms with E-state index in [4.69, 9.17) is 21.1 Å². The molecule has 2 aromatic carbocycles. The zero-order valence-corrected chi connectivity index (χ0v) is 20.6. The highest BCUT2D eigenvalue weighted by atomic mass is 35.5. The number of hydrogen-bond donors (Lipinski definition) is 0. The van der Waals surface area contributed by atoms with Crippen LogP contribution >= 0.6 is 11.6 Å². The number of benzene rings is 2. The summed E-state index contributed by atoms with van der Waals surface area (Å²) < 4.78 is 11.8. The maximum Gasteiger partial charge on any atom is 0.271 e. The molecule has 1 aliphatic carbocycles. The van der Waals surface area contributed by atoms with Gasteiger partial charge in [0.05, 0.1) is 6.61 Å². The predicted octanol–water partition coefficient (Wildman–Crippen LogP) is 5.85. The molecule has 0 N–H and O–H groups in total. The van der Waals surface area contributed by atoms with Gasteiger partial charge in [0.1, 0.15) is 18.2 Å². The Morgan fingerprint density at radius 2 is 1.77 bits per heavy atom. The van der Waals surface area contributed by atoms with E-state index in [2.05, 4.69) is 0 Å². The molecule has 0 saturated heterocycles. The Bertz CT molecular complexity index is 1230.